The molecule has 0 fully saturated rings. The van der Waals surface area contributed by atoms with Gasteiger partial charge in [-0.25, -0.2) is 9.18 Å². The molecular formula is C11H13FN2O2. The summed E-state index contributed by atoms with van der Waals surface area (Å²) in [5, 5.41) is 0. The van der Waals surface area contributed by atoms with Gasteiger partial charge in [0.15, 0.2) is 6.23 Å². The number of aromatic nitrogens is 2. The summed E-state index contributed by atoms with van der Waals surface area (Å²) in [5.41, 5.74) is 0.112. The van der Waals surface area contributed by atoms with Crippen LogP contribution >= 0.6 is 0 Å². The van der Waals surface area contributed by atoms with E-state index >= 15 is 0 Å². The Kier molecular flexibility index (Phi) is 2.87. The molecule has 0 aliphatic carbocycles. The Balaban J connectivity index is 2.33. The molecule has 0 aromatic carbocycles. The third kappa shape index (κ3) is 1.90. The second-order valence-electron chi connectivity index (χ2n) is 3.75. The van der Waals surface area contributed by atoms with Crippen molar-refractivity contribution in [2.75, 3.05) is 0 Å². The molecule has 5 heteroatoms. The monoisotopic (exact) mass is 224 g/mol. The van der Waals surface area contributed by atoms with Crippen LogP contribution in [0.5, 0.6) is 0 Å². The second kappa shape index (κ2) is 4.17. The number of halogens is 1. The second-order valence-corrected chi connectivity index (χ2v) is 3.75. The molecule has 0 amide bonds. The topological polar surface area (TPSA) is 44.1 Å². The summed E-state index contributed by atoms with van der Waals surface area (Å²) < 4.78 is 20.1. The molecule has 16 heavy (non-hydrogen) atoms. The Morgan fingerprint density at radius 3 is 2.94 bits per heavy atom. The van der Waals surface area contributed by atoms with Crippen molar-refractivity contribution in [3.05, 3.63) is 40.3 Å². The predicted octanol–water partition coefficient (Wildman–Crippen LogP) is 1.71. The van der Waals surface area contributed by atoms with E-state index in [1.54, 1.807) is 13.0 Å². The lowest BCUT2D eigenvalue weighted by Gasteiger charge is -2.15. The van der Waals surface area contributed by atoms with Crippen molar-refractivity contribution >= 4 is 0 Å². The van der Waals surface area contributed by atoms with Crippen LogP contribution in [-0.4, -0.2) is 15.7 Å². The van der Waals surface area contributed by atoms with E-state index in [0.29, 0.717) is 12.1 Å². The highest BCUT2D eigenvalue weighted by molar-refractivity contribution is 5.09. The number of ether oxygens (including phenoxy) is 1. The fraction of sp³-hybridized carbons (Fsp3) is 0.455. The molecule has 1 aromatic rings. The van der Waals surface area contributed by atoms with Gasteiger partial charge in [-0.15, -0.1) is 0 Å². The zero-order chi connectivity index (χ0) is 11.7. The van der Waals surface area contributed by atoms with E-state index in [4.69, 9.17) is 4.74 Å². The highest BCUT2D eigenvalue weighted by Gasteiger charge is 2.28. The van der Waals surface area contributed by atoms with Crippen LogP contribution in [0.1, 0.15) is 25.3 Å². The van der Waals surface area contributed by atoms with Gasteiger partial charge in [-0.1, -0.05) is 6.92 Å². The maximum absolute atomic E-state index is 13.5. The summed E-state index contributed by atoms with van der Waals surface area (Å²) in [7, 11) is 0. The molecule has 0 saturated carbocycles. The molecule has 1 unspecified atom stereocenters. The van der Waals surface area contributed by atoms with Crippen molar-refractivity contribution < 1.29 is 9.13 Å². The average Bonchev–Trinajstić information content (AvgIpc) is 2.60. The minimum atomic E-state index is -0.953. The molecule has 1 aromatic heterocycles. The van der Waals surface area contributed by atoms with Crippen LogP contribution in [0.3, 0.4) is 0 Å². The largest absolute Gasteiger partial charge is 0.350 e. The molecule has 86 valence electrons. The van der Waals surface area contributed by atoms with Crippen LogP contribution in [0.2, 0.25) is 0 Å². The van der Waals surface area contributed by atoms with Crippen LogP contribution in [0.4, 0.5) is 4.39 Å². The van der Waals surface area contributed by atoms with Gasteiger partial charge in [0.2, 0.25) is 0 Å². The third-order valence-corrected chi connectivity index (χ3v) is 2.51. The zero-order valence-corrected chi connectivity index (χ0v) is 9.18. The molecule has 1 aliphatic heterocycles. The minimum Gasteiger partial charge on any atom is -0.344 e. The number of aryl methyl sites for hydroxylation is 1. The Bertz CT molecular complexity index is 481. The molecule has 0 radical (unpaired) electrons. The molecule has 1 aliphatic rings. The van der Waals surface area contributed by atoms with Gasteiger partial charge in [0.05, 0.1) is 6.10 Å². The molecule has 2 atom stereocenters. The van der Waals surface area contributed by atoms with Crippen molar-refractivity contribution in [1.82, 2.24) is 9.55 Å². The van der Waals surface area contributed by atoms with E-state index in [1.165, 1.54) is 12.3 Å². The van der Waals surface area contributed by atoms with Gasteiger partial charge < -0.3 is 4.74 Å². The molecule has 0 N–H and O–H groups in total. The number of hydrogen-bond donors (Lipinski definition) is 0. The van der Waals surface area contributed by atoms with E-state index in [0.717, 1.165) is 4.57 Å². The molecule has 0 spiro atoms. The predicted molar refractivity (Wildman–Crippen MR) is 56.6 cm³/mol. The van der Waals surface area contributed by atoms with Crippen LogP contribution in [0.25, 0.3) is 0 Å². The highest BCUT2D eigenvalue weighted by atomic mass is 19.1. The SMILES string of the molecule is CC[C@H]1C=C(F)C(n2ccc(C)nc2=O)O1. The normalized spacial score (nSPS) is 24.6. The summed E-state index contributed by atoms with van der Waals surface area (Å²) in [5.74, 6) is -0.431. The average molecular weight is 224 g/mol. The quantitative estimate of drug-likeness (QED) is 0.768. The summed E-state index contributed by atoms with van der Waals surface area (Å²) >= 11 is 0. The van der Waals surface area contributed by atoms with Crippen LogP contribution in [-0.2, 0) is 4.74 Å². The van der Waals surface area contributed by atoms with Gasteiger partial charge in [-0.2, -0.15) is 4.98 Å². The summed E-state index contributed by atoms with van der Waals surface area (Å²) in [6.07, 6.45) is 2.36. The lowest BCUT2D eigenvalue weighted by atomic mass is 10.3. The first-order valence-corrected chi connectivity index (χ1v) is 5.20. The number of hydrogen-bond acceptors (Lipinski definition) is 3. The van der Waals surface area contributed by atoms with Crippen LogP contribution in [0, 0.1) is 6.92 Å². The Labute approximate surface area is 92.4 Å². The highest BCUT2D eigenvalue weighted by Crippen LogP contribution is 2.29. The van der Waals surface area contributed by atoms with Gasteiger partial charge in [-0.3, -0.25) is 4.57 Å². The van der Waals surface area contributed by atoms with E-state index in [-0.39, 0.29) is 6.10 Å². The fourth-order valence-corrected chi connectivity index (χ4v) is 1.62. The molecule has 4 nitrogen and oxygen atoms in total. The van der Waals surface area contributed by atoms with Crippen LogP contribution < -0.4 is 5.69 Å². The fourth-order valence-electron chi connectivity index (χ4n) is 1.62. The summed E-state index contributed by atoms with van der Waals surface area (Å²) in [6.45, 7) is 3.61. The Morgan fingerprint density at radius 1 is 1.62 bits per heavy atom. The third-order valence-electron chi connectivity index (χ3n) is 2.51. The number of rotatable bonds is 2. The maximum atomic E-state index is 13.5. The lowest BCUT2D eigenvalue weighted by Crippen LogP contribution is -2.28. The van der Waals surface area contributed by atoms with Gasteiger partial charge in [0.25, 0.3) is 0 Å². The van der Waals surface area contributed by atoms with Crippen LogP contribution in [0.15, 0.2) is 29.0 Å². The van der Waals surface area contributed by atoms with E-state index in [1.807, 2.05) is 6.92 Å². The van der Waals surface area contributed by atoms with Crippen molar-refractivity contribution in [2.45, 2.75) is 32.6 Å². The molecule has 2 rings (SSSR count). The first-order chi connectivity index (χ1) is 7.61. The standard InChI is InChI=1S/C11H13FN2O2/c1-3-8-6-9(12)10(16-8)14-5-4-7(2)13-11(14)15/h4-6,8,10H,3H2,1-2H3/t8-,10?/m0/s1. The van der Waals surface area contributed by atoms with Crippen molar-refractivity contribution in [1.29, 1.82) is 0 Å². The van der Waals surface area contributed by atoms with Gasteiger partial charge in [-0.05, 0) is 25.5 Å². The van der Waals surface area contributed by atoms with E-state index in [9.17, 15) is 9.18 Å². The van der Waals surface area contributed by atoms with E-state index < -0.39 is 17.7 Å². The summed E-state index contributed by atoms with van der Waals surface area (Å²) in [6, 6.07) is 1.65. The van der Waals surface area contributed by atoms with Gasteiger partial charge >= 0.3 is 5.69 Å². The molecular weight excluding hydrogens is 211 g/mol. The zero-order valence-electron chi connectivity index (χ0n) is 9.18. The lowest BCUT2D eigenvalue weighted by molar-refractivity contribution is -0.000111. The first-order valence-electron chi connectivity index (χ1n) is 5.20. The first kappa shape index (κ1) is 11.0. The summed E-state index contributed by atoms with van der Waals surface area (Å²) in [4.78, 5) is 15.3. The molecule has 2 heterocycles. The number of nitrogens with zero attached hydrogens (tertiary/aromatic N) is 2. The van der Waals surface area contributed by atoms with Crippen molar-refractivity contribution in [3.63, 3.8) is 0 Å². The minimum absolute atomic E-state index is 0.266. The Morgan fingerprint density at radius 2 is 2.38 bits per heavy atom. The maximum Gasteiger partial charge on any atom is 0.350 e. The van der Waals surface area contributed by atoms with Gasteiger partial charge in [0.1, 0.15) is 5.83 Å². The molecule has 0 saturated heterocycles. The Hall–Kier alpha value is -1.49. The van der Waals surface area contributed by atoms with Crippen molar-refractivity contribution in [3.8, 4) is 0 Å². The van der Waals surface area contributed by atoms with E-state index in [2.05, 4.69) is 4.98 Å². The smallest absolute Gasteiger partial charge is 0.344 e. The van der Waals surface area contributed by atoms with Gasteiger partial charge in [0, 0.05) is 11.9 Å². The molecule has 0 bridgehead atoms. The van der Waals surface area contributed by atoms with Crippen molar-refractivity contribution in [2.24, 2.45) is 0 Å².